The first kappa shape index (κ1) is 16.0. The number of hydrogen-bond donors (Lipinski definition) is 1. The summed E-state index contributed by atoms with van der Waals surface area (Å²) in [7, 11) is 0. The lowest BCUT2D eigenvalue weighted by atomic mass is 10.2. The number of aromatic nitrogens is 4. The molecule has 6 heteroatoms. The van der Waals surface area contributed by atoms with Crippen molar-refractivity contribution in [3.8, 4) is 0 Å². The van der Waals surface area contributed by atoms with Gasteiger partial charge in [-0.3, -0.25) is 0 Å². The second kappa shape index (κ2) is 6.44. The van der Waals surface area contributed by atoms with E-state index >= 15 is 0 Å². The number of aryl methyl sites for hydroxylation is 2. The van der Waals surface area contributed by atoms with E-state index in [1.807, 2.05) is 6.07 Å². The lowest BCUT2D eigenvalue weighted by Gasteiger charge is -2.16. The van der Waals surface area contributed by atoms with E-state index in [0.717, 1.165) is 40.3 Å². The molecule has 1 unspecified atom stereocenters. The second-order valence-corrected chi connectivity index (χ2v) is 7.19. The smallest absolute Gasteiger partial charge is 0.138 e. The quantitative estimate of drug-likeness (QED) is 0.561. The van der Waals surface area contributed by atoms with Crippen LogP contribution < -0.4 is 5.32 Å². The molecule has 0 spiro atoms. The third kappa shape index (κ3) is 2.76. The molecule has 1 aromatic carbocycles. The van der Waals surface area contributed by atoms with Crippen molar-refractivity contribution in [1.29, 1.82) is 0 Å². The normalized spacial score (nSPS) is 12.8. The lowest BCUT2D eigenvalue weighted by molar-refractivity contribution is 0.673. The molecule has 4 rings (SSSR count). The highest BCUT2D eigenvalue weighted by Gasteiger charge is 2.17. The summed E-state index contributed by atoms with van der Waals surface area (Å²) in [5.74, 6) is 1.91. The summed E-state index contributed by atoms with van der Waals surface area (Å²) in [6, 6.07) is 10.5. The molecule has 3 aromatic heterocycles. The van der Waals surface area contributed by atoms with Gasteiger partial charge in [0.2, 0.25) is 0 Å². The van der Waals surface area contributed by atoms with Crippen LogP contribution in [0.4, 0.5) is 5.82 Å². The van der Waals surface area contributed by atoms with Crippen LogP contribution in [0.5, 0.6) is 0 Å². The maximum Gasteiger partial charge on any atom is 0.138 e. The Hall–Kier alpha value is -2.47. The van der Waals surface area contributed by atoms with E-state index in [0.29, 0.717) is 0 Å². The molecule has 128 valence electrons. The van der Waals surface area contributed by atoms with Crippen LogP contribution in [0.25, 0.3) is 21.3 Å². The molecule has 4 aromatic rings. The predicted octanol–water partition coefficient (Wildman–Crippen LogP) is 4.80. The fraction of sp³-hybridized carbons (Fsp3) is 0.316. The standard InChI is InChI=1S/C19H21N5S/c1-4-13-10-14-17(20-11-21-19(14)25-13)22-12(3)18-23-15-8-6-7-9-16(15)24(18)5-2/h6-12H,4-5H2,1-3H3,(H,20,21,22). The molecular formula is C19H21N5S. The van der Waals surface area contributed by atoms with E-state index in [4.69, 9.17) is 4.98 Å². The molecule has 5 nitrogen and oxygen atoms in total. The molecule has 0 aliphatic heterocycles. The van der Waals surface area contributed by atoms with Gasteiger partial charge in [-0.1, -0.05) is 19.1 Å². The number of para-hydroxylation sites is 2. The minimum atomic E-state index is 0.0513. The van der Waals surface area contributed by atoms with Crippen LogP contribution >= 0.6 is 11.3 Å². The van der Waals surface area contributed by atoms with Crippen molar-refractivity contribution in [2.75, 3.05) is 5.32 Å². The number of fused-ring (bicyclic) bond motifs is 2. The van der Waals surface area contributed by atoms with Crippen LogP contribution in [0.1, 0.15) is 37.5 Å². The van der Waals surface area contributed by atoms with Crippen LogP contribution in [-0.4, -0.2) is 19.5 Å². The van der Waals surface area contributed by atoms with Crippen LogP contribution in [0.2, 0.25) is 0 Å². The highest BCUT2D eigenvalue weighted by atomic mass is 32.1. The molecule has 0 saturated heterocycles. The monoisotopic (exact) mass is 351 g/mol. The predicted molar refractivity (Wildman–Crippen MR) is 104 cm³/mol. The summed E-state index contributed by atoms with van der Waals surface area (Å²) in [6.45, 7) is 7.34. The third-order valence-electron chi connectivity index (χ3n) is 4.47. The van der Waals surface area contributed by atoms with Crippen LogP contribution in [0.3, 0.4) is 0 Å². The van der Waals surface area contributed by atoms with Gasteiger partial charge in [0.15, 0.2) is 0 Å². The van der Waals surface area contributed by atoms with E-state index in [1.54, 1.807) is 17.7 Å². The van der Waals surface area contributed by atoms with Gasteiger partial charge in [-0.25, -0.2) is 15.0 Å². The minimum Gasteiger partial charge on any atom is -0.360 e. The Morgan fingerprint density at radius 1 is 1.20 bits per heavy atom. The van der Waals surface area contributed by atoms with E-state index in [-0.39, 0.29) is 6.04 Å². The van der Waals surface area contributed by atoms with Crippen molar-refractivity contribution >= 4 is 38.4 Å². The first-order valence-corrected chi connectivity index (χ1v) is 9.48. The molecule has 3 heterocycles. The van der Waals surface area contributed by atoms with Gasteiger partial charge in [0, 0.05) is 11.4 Å². The molecule has 1 atom stereocenters. The zero-order valence-corrected chi connectivity index (χ0v) is 15.5. The molecule has 0 radical (unpaired) electrons. The minimum absolute atomic E-state index is 0.0513. The van der Waals surface area contributed by atoms with Crippen molar-refractivity contribution in [1.82, 2.24) is 19.5 Å². The summed E-state index contributed by atoms with van der Waals surface area (Å²) in [6.07, 6.45) is 2.65. The number of imidazole rings is 1. The van der Waals surface area contributed by atoms with E-state index in [1.165, 1.54) is 10.4 Å². The molecule has 0 fully saturated rings. The zero-order valence-electron chi connectivity index (χ0n) is 14.7. The zero-order chi connectivity index (χ0) is 17.4. The Morgan fingerprint density at radius 3 is 2.84 bits per heavy atom. The Balaban J connectivity index is 1.73. The maximum atomic E-state index is 4.84. The largest absolute Gasteiger partial charge is 0.360 e. The Labute approximate surface area is 150 Å². The van der Waals surface area contributed by atoms with Gasteiger partial charge in [0.1, 0.15) is 22.8 Å². The summed E-state index contributed by atoms with van der Waals surface area (Å²) in [5.41, 5.74) is 2.20. The van der Waals surface area contributed by atoms with E-state index in [2.05, 4.69) is 64.9 Å². The molecule has 25 heavy (non-hydrogen) atoms. The van der Waals surface area contributed by atoms with Crippen molar-refractivity contribution in [2.24, 2.45) is 0 Å². The van der Waals surface area contributed by atoms with Gasteiger partial charge in [0.05, 0.1) is 22.5 Å². The number of hydrogen-bond acceptors (Lipinski definition) is 5. The Morgan fingerprint density at radius 2 is 2.04 bits per heavy atom. The van der Waals surface area contributed by atoms with Gasteiger partial charge in [-0.05, 0) is 38.5 Å². The molecule has 0 aliphatic carbocycles. The van der Waals surface area contributed by atoms with Crippen molar-refractivity contribution < 1.29 is 0 Å². The summed E-state index contributed by atoms with van der Waals surface area (Å²) in [4.78, 5) is 16.1. The molecule has 0 amide bonds. The summed E-state index contributed by atoms with van der Waals surface area (Å²) >= 11 is 1.73. The topological polar surface area (TPSA) is 55.6 Å². The van der Waals surface area contributed by atoms with Gasteiger partial charge < -0.3 is 9.88 Å². The van der Waals surface area contributed by atoms with Crippen molar-refractivity contribution in [3.63, 3.8) is 0 Å². The van der Waals surface area contributed by atoms with Gasteiger partial charge >= 0.3 is 0 Å². The Bertz CT molecular complexity index is 1030. The molecular weight excluding hydrogens is 330 g/mol. The lowest BCUT2D eigenvalue weighted by Crippen LogP contribution is -2.14. The van der Waals surface area contributed by atoms with Crippen LogP contribution in [-0.2, 0) is 13.0 Å². The molecule has 1 N–H and O–H groups in total. The molecule has 0 aliphatic rings. The first-order chi connectivity index (χ1) is 12.2. The molecule has 0 saturated carbocycles. The van der Waals surface area contributed by atoms with E-state index < -0.39 is 0 Å². The van der Waals surface area contributed by atoms with Gasteiger partial charge in [-0.15, -0.1) is 11.3 Å². The average molecular weight is 351 g/mol. The molecule has 0 bridgehead atoms. The van der Waals surface area contributed by atoms with Crippen molar-refractivity contribution in [2.45, 2.75) is 39.8 Å². The summed E-state index contributed by atoms with van der Waals surface area (Å²) < 4.78 is 2.26. The Kier molecular flexibility index (Phi) is 4.13. The van der Waals surface area contributed by atoms with Crippen LogP contribution in [0.15, 0.2) is 36.7 Å². The maximum absolute atomic E-state index is 4.84. The van der Waals surface area contributed by atoms with Crippen molar-refractivity contribution in [3.05, 3.63) is 47.4 Å². The van der Waals surface area contributed by atoms with Gasteiger partial charge in [-0.2, -0.15) is 0 Å². The highest BCUT2D eigenvalue weighted by Crippen LogP contribution is 2.31. The average Bonchev–Trinajstić information content (AvgIpc) is 3.23. The number of benzene rings is 1. The first-order valence-electron chi connectivity index (χ1n) is 8.66. The number of rotatable bonds is 5. The summed E-state index contributed by atoms with van der Waals surface area (Å²) in [5, 5.41) is 4.64. The van der Waals surface area contributed by atoms with Gasteiger partial charge in [0.25, 0.3) is 0 Å². The highest BCUT2D eigenvalue weighted by molar-refractivity contribution is 7.18. The second-order valence-electron chi connectivity index (χ2n) is 6.08. The SMILES string of the molecule is CCc1cc2c(NC(C)c3nc4ccccc4n3CC)ncnc2s1. The van der Waals surface area contributed by atoms with E-state index in [9.17, 15) is 0 Å². The number of nitrogens with zero attached hydrogens (tertiary/aromatic N) is 4. The fourth-order valence-corrected chi connectivity index (χ4v) is 4.16. The number of anilines is 1. The number of nitrogens with one attached hydrogen (secondary N) is 1. The fourth-order valence-electron chi connectivity index (χ4n) is 3.22. The third-order valence-corrected chi connectivity index (χ3v) is 5.66. The van der Waals surface area contributed by atoms with Crippen LogP contribution in [0, 0.1) is 0 Å². The number of thiophene rings is 1.